The number of hydrogen-bond donors (Lipinski definition) is 0. The molecule has 0 bridgehead atoms. The topological polar surface area (TPSA) is 22.1 Å². The molecule has 2 aliphatic rings. The Morgan fingerprint density at radius 3 is 1.97 bits per heavy atom. The van der Waals surface area contributed by atoms with Gasteiger partial charge in [0.05, 0.1) is 11.1 Å². The summed E-state index contributed by atoms with van der Waals surface area (Å²) >= 11 is 0. The van der Waals surface area contributed by atoms with Gasteiger partial charge in [0.2, 0.25) is 0 Å². The van der Waals surface area contributed by atoms with Gasteiger partial charge in [-0.05, 0) is 23.1 Å². The molecule has 2 nitrogen and oxygen atoms in total. The zero-order valence-corrected chi connectivity index (χ0v) is 16.2. The fourth-order valence-electron chi connectivity index (χ4n) is 5.45. The number of aromatic nitrogens is 1. The molecule has 0 amide bonds. The molecule has 0 unspecified atom stereocenters. The lowest BCUT2D eigenvalue weighted by atomic mass is 9.65. The Labute approximate surface area is 174 Å². The molecular weight excluding hydrogens is 366 g/mol. The van der Waals surface area contributed by atoms with Gasteiger partial charge in [0.1, 0.15) is 11.5 Å². The Morgan fingerprint density at radius 2 is 1.20 bits per heavy atom. The van der Waals surface area contributed by atoms with Gasteiger partial charge >= 0.3 is 0 Å². The molecule has 1 aliphatic heterocycles. The Balaban J connectivity index is 1.78. The SMILES string of the molecule is c1ccc2c(c1)Oc1ccccc1C21c2ccccc2-c2ncc3ccccc3c21. The third-order valence-corrected chi connectivity index (χ3v) is 6.56. The minimum atomic E-state index is -0.453. The normalized spacial score (nSPS) is 14.5. The maximum absolute atomic E-state index is 6.39. The number of para-hydroxylation sites is 2. The molecule has 0 saturated carbocycles. The van der Waals surface area contributed by atoms with Crippen LogP contribution in [0.1, 0.15) is 22.3 Å². The molecule has 30 heavy (non-hydrogen) atoms. The van der Waals surface area contributed by atoms with Gasteiger partial charge in [-0.2, -0.15) is 0 Å². The van der Waals surface area contributed by atoms with E-state index in [2.05, 4.69) is 84.9 Å². The highest BCUT2D eigenvalue weighted by atomic mass is 16.5. The van der Waals surface area contributed by atoms with Crippen LogP contribution >= 0.6 is 0 Å². The van der Waals surface area contributed by atoms with E-state index in [0.717, 1.165) is 22.6 Å². The molecule has 0 saturated heterocycles. The lowest BCUT2D eigenvalue weighted by Gasteiger charge is -2.39. The summed E-state index contributed by atoms with van der Waals surface area (Å²) in [5, 5.41) is 2.40. The van der Waals surface area contributed by atoms with Gasteiger partial charge in [-0.25, -0.2) is 0 Å². The first-order valence-electron chi connectivity index (χ1n) is 10.2. The Hall–Kier alpha value is -3.91. The summed E-state index contributed by atoms with van der Waals surface area (Å²) in [6.45, 7) is 0. The van der Waals surface area contributed by atoms with Crippen molar-refractivity contribution in [1.82, 2.24) is 4.98 Å². The summed E-state index contributed by atoms with van der Waals surface area (Å²) in [4.78, 5) is 4.98. The lowest BCUT2D eigenvalue weighted by molar-refractivity contribution is 0.437. The van der Waals surface area contributed by atoms with Crippen LogP contribution in [0.5, 0.6) is 11.5 Å². The number of benzene rings is 4. The molecule has 0 atom stereocenters. The molecule has 140 valence electrons. The van der Waals surface area contributed by atoms with E-state index in [1.54, 1.807) is 0 Å². The average molecular weight is 383 g/mol. The zero-order valence-electron chi connectivity index (χ0n) is 16.2. The van der Waals surface area contributed by atoms with Gasteiger partial charge in [0, 0.05) is 33.8 Å². The summed E-state index contributed by atoms with van der Waals surface area (Å²) in [5.41, 5.74) is 6.68. The number of rotatable bonds is 0. The first kappa shape index (κ1) is 15.9. The Morgan fingerprint density at radius 1 is 0.600 bits per heavy atom. The lowest BCUT2D eigenvalue weighted by Crippen LogP contribution is -2.32. The van der Waals surface area contributed by atoms with E-state index in [0.29, 0.717) is 0 Å². The van der Waals surface area contributed by atoms with Gasteiger partial charge in [-0.1, -0.05) is 84.9 Å². The van der Waals surface area contributed by atoms with Crippen LogP contribution in [0.3, 0.4) is 0 Å². The molecule has 1 aliphatic carbocycles. The van der Waals surface area contributed by atoms with Crippen LogP contribution in [0.15, 0.2) is 103 Å². The van der Waals surface area contributed by atoms with Crippen LogP contribution in [-0.2, 0) is 5.41 Å². The predicted molar refractivity (Wildman–Crippen MR) is 119 cm³/mol. The molecule has 1 spiro atoms. The first-order valence-corrected chi connectivity index (χ1v) is 10.2. The molecule has 4 aromatic carbocycles. The van der Waals surface area contributed by atoms with Crippen LogP contribution in [0.2, 0.25) is 0 Å². The third kappa shape index (κ3) is 1.77. The average Bonchev–Trinajstić information content (AvgIpc) is 3.11. The maximum Gasteiger partial charge on any atom is 0.132 e. The van der Waals surface area contributed by atoms with Crippen molar-refractivity contribution in [1.29, 1.82) is 0 Å². The van der Waals surface area contributed by atoms with E-state index < -0.39 is 5.41 Å². The molecule has 0 radical (unpaired) electrons. The summed E-state index contributed by atoms with van der Waals surface area (Å²) in [7, 11) is 0. The van der Waals surface area contributed by atoms with Crippen LogP contribution in [-0.4, -0.2) is 4.98 Å². The first-order chi connectivity index (χ1) is 14.9. The zero-order chi connectivity index (χ0) is 19.7. The van der Waals surface area contributed by atoms with E-state index in [4.69, 9.17) is 9.72 Å². The standard InChI is InChI=1S/C28H17NO/c1-2-10-19-18(9-1)17-29-27-20-11-3-4-12-21(20)28(26(19)27)22-13-5-7-15-24(22)30-25-16-8-6-14-23(25)28/h1-17H. The van der Waals surface area contributed by atoms with E-state index in [1.165, 1.54) is 33.2 Å². The summed E-state index contributed by atoms with van der Waals surface area (Å²) in [6, 6.07) is 34.1. The van der Waals surface area contributed by atoms with Gasteiger partial charge in [0.15, 0.2) is 0 Å². The molecule has 1 aromatic heterocycles. The van der Waals surface area contributed by atoms with E-state index in [1.807, 2.05) is 18.3 Å². The van der Waals surface area contributed by atoms with Gasteiger partial charge in [0.25, 0.3) is 0 Å². The van der Waals surface area contributed by atoms with Crippen molar-refractivity contribution in [2.24, 2.45) is 0 Å². The fourth-order valence-corrected chi connectivity index (χ4v) is 5.45. The number of pyridine rings is 1. The highest BCUT2D eigenvalue weighted by Crippen LogP contribution is 2.62. The van der Waals surface area contributed by atoms with E-state index in [9.17, 15) is 0 Å². The van der Waals surface area contributed by atoms with Gasteiger partial charge in [-0.3, -0.25) is 4.98 Å². The summed E-state index contributed by atoms with van der Waals surface area (Å²) < 4.78 is 6.39. The van der Waals surface area contributed by atoms with Crippen LogP contribution in [0, 0.1) is 0 Å². The summed E-state index contributed by atoms with van der Waals surface area (Å²) in [5.74, 6) is 1.82. The largest absolute Gasteiger partial charge is 0.457 e. The molecule has 0 N–H and O–H groups in total. The van der Waals surface area contributed by atoms with Crippen molar-refractivity contribution in [2.75, 3.05) is 0 Å². The second-order valence-corrected chi connectivity index (χ2v) is 7.96. The van der Waals surface area contributed by atoms with Crippen molar-refractivity contribution in [3.63, 3.8) is 0 Å². The van der Waals surface area contributed by atoms with Crippen molar-refractivity contribution in [3.05, 3.63) is 126 Å². The van der Waals surface area contributed by atoms with Crippen molar-refractivity contribution in [2.45, 2.75) is 5.41 Å². The molecule has 7 rings (SSSR count). The number of nitrogens with zero attached hydrogens (tertiary/aromatic N) is 1. The fraction of sp³-hybridized carbons (Fsp3) is 0.0357. The maximum atomic E-state index is 6.39. The molecule has 2 heteroatoms. The molecular formula is C28H17NO. The van der Waals surface area contributed by atoms with Crippen LogP contribution < -0.4 is 4.74 Å². The molecule has 2 heterocycles. The number of hydrogen-bond acceptors (Lipinski definition) is 2. The van der Waals surface area contributed by atoms with Crippen LogP contribution in [0.25, 0.3) is 22.0 Å². The van der Waals surface area contributed by atoms with Crippen molar-refractivity contribution in [3.8, 4) is 22.8 Å². The van der Waals surface area contributed by atoms with Crippen molar-refractivity contribution < 1.29 is 4.74 Å². The van der Waals surface area contributed by atoms with Gasteiger partial charge < -0.3 is 4.74 Å². The molecule has 5 aromatic rings. The quantitative estimate of drug-likeness (QED) is 0.291. The van der Waals surface area contributed by atoms with Crippen molar-refractivity contribution >= 4 is 10.8 Å². The second kappa shape index (κ2) is 5.58. The highest BCUT2D eigenvalue weighted by molar-refractivity contribution is 5.99. The second-order valence-electron chi connectivity index (χ2n) is 7.96. The monoisotopic (exact) mass is 383 g/mol. The third-order valence-electron chi connectivity index (χ3n) is 6.56. The van der Waals surface area contributed by atoms with Gasteiger partial charge in [-0.15, -0.1) is 0 Å². The Bertz CT molecular complexity index is 1440. The minimum Gasteiger partial charge on any atom is -0.457 e. The minimum absolute atomic E-state index is 0.453. The molecule has 0 fully saturated rings. The smallest absolute Gasteiger partial charge is 0.132 e. The van der Waals surface area contributed by atoms with E-state index >= 15 is 0 Å². The summed E-state index contributed by atoms with van der Waals surface area (Å²) in [6.07, 6.45) is 2.00. The van der Waals surface area contributed by atoms with E-state index in [-0.39, 0.29) is 0 Å². The predicted octanol–water partition coefficient (Wildman–Crippen LogP) is 6.70. The van der Waals surface area contributed by atoms with Crippen LogP contribution in [0.4, 0.5) is 0 Å². The number of ether oxygens (including phenoxy) is 1. The Kier molecular flexibility index (Phi) is 2.97. The highest BCUT2D eigenvalue weighted by Gasteiger charge is 2.52. The number of fused-ring (bicyclic) bond motifs is 11.